The van der Waals surface area contributed by atoms with E-state index in [9.17, 15) is 9.59 Å². The number of nitrogens with one attached hydrogen (secondary N) is 1. The van der Waals surface area contributed by atoms with Gasteiger partial charge in [-0.3, -0.25) is 4.79 Å². The summed E-state index contributed by atoms with van der Waals surface area (Å²) in [6.07, 6.45) is 2.10. The molecule has 8 nitrogen and oxygen atoms in total. The van der Waals surface area contributed by atoms with Gasteiger partial charge >= 0.3 is 12.0 Å². The van der Waals surface area contributed by atoms with Gasteiger partial charge in [-0.25, -0.2) is 4.79 Å². The molecule has 2 amide bonds. The zero-order valence-corrected chi connectivity index (χ0v) is 18.9. The highest BCUT2D eigenvalue weighted by molar-refractivity contribution is 5.77. The minimum Gasteiger partial charge on any atom is -0.493 e. The van der Waals surface area contributed by atoms with Crippen LogP contribution in [0.25, 0.3) is 5.69 Å². The minimum atomic E-state index is -0.398. The van der Waals surface area contributed by atoms with Gasteiger partial charge in [-0.15, -0.1) is 0 Å². The van der Waals surface area contributed by atoms with Gasteiger partial charge in [0.05, 0.1) is 46.0 Å². The van der Waals surface area contributed by atoms with E-state index < -0.39 is 6.04 Å². The lowest BCUT2D eigenvalue weighted by atomic mass is 10.0. The smallest absolute Gasteiger partial charge is 0.318 e. The van der Waals surface area contributed by atoms with E-state index in [0.717, 1.165) is 22.5 Å². The number of hydrogen-bond donors (Lipinski definition) is 1. The molecule has 0 aliphatic carbocycles. The second kappa shape index (κ2) is 9.68. The molecule has 0 saturated heterocycles. The Morgan fingerprint density at radius 3 is 2.55 bits per heavy atom. The van der Waals surface area contributed by atoms with Crippen molar-refractivity contribution in [2.45, 2.75) is 19.0 Å². The number of esters is 1. The Bertz CT molecular complexity index is 1160. The van der Waals surface area contributed by atoms with E-state index >= 15 is 0 Å². The van der Waals surface area contributed by atoms with Crippen LogP contribution in [0.15, 0.2) is 60.8 Å². The summed E-state index contributed by atoms with van der Waals surface area (Å²) in [6.45, 7) is 0.574. The quantitative estimate of drug-likeness (QED) is 0.581. The van der Waals surface area contributed by atoms with E-state index in [4.69, 9.17) is 9.47 Å². The Morgan fingerprint density at radius 1 is 1.00 bits per heavy atom. The molecule has 1 aliphatic heterocycles. The van der Waals surface area contributed by atoms with Crippen molar-refractivity contribution < 1.29 is 23.8 Å². The predicted molar refractivity (Wildman–Crippen MR) is 123 cm³/mol. The standard InChI is InChI=1S/C25H27N3O5/c1-31-21-11-10-17(15-22(21)32-2)24-20-9-6-14-27(20)19-8-5-4-7-18(19)16-28(24)25(30)26-13-12-23(29)33-3/h4-11,14-15,24H,12-13,16H2,1-3H3,(H,26,30). The third-order valence-corrected chi connectivity index (χ3v) is 5.78. The zero-order chi connectivity index (χ0) is 23.4. The number of carbonyl (C=O) groups is 2. The zero-order valence-electron chi connectivity index (χ0n) is 18.9. The number of benzene rings is 2. The maximum atomic E-state index is 13.4. The average Bonchev–Trinajstić information content (AvgIpc) is 3.27. The number of amides is 2. The van der Waals surface area contributed by atoms with E-state index in [0.29, 0.717) is 18.0 Å². The first-order valence-corrected chi connectivity index (χ1v) is 10.7. The number of methoxy groups -OCH3 is 3. The molecule has 0 fully saturated rings. The second-order valence-electron chi connectivity index (χ2n) is 7.63. The lowest BCUT2D eigenvalue weighted by molar-refractivity contribution is -0.140. The van der Waals surface area contributed by atoms with Crippen molar-refractivity contribution in [2.24, 2.45) is 0 Å². The van der Waals surface area contributed by atoms with Crippen LogP contribution in [-0.2, 0) is 16.1 Å². The summed E-state index contributed by atoms with van der Waals surface area (Å²) in [4.78, 5) is 26.7. The van der Waals surface area contributed by atoms with Crippen molar-refractivity contribution in [3.05, 3.63) is 77.6 Å². The fourth-order valence-electron chi connectivity index (χ4n) is 4.19. The molecule has 0 bridgehead atoms. The highest BCUT2D eigenvalue weighted by atomic mass is 16.5. The number of carbonyl (C=O) groups excluding carboxylic acids is 2. The first-order valence-electron chi connectivity index (χ1n) is 10.7. The second-order valence-corrected chi connectivity index (χ2v) is 7.63. The molecule has 1 unspecified atom stereocenters. The fourth-order valence-corrected chi connectivity index (χ4v) is 4.19. The molecular formula is C25H27N3O5. The highest BCUT2D eigenvalue weighted by Crippen LogP contribution is 2.39. The summed E-state index contributed by atoms with van der Waals surface area (Å²) in [6, 6.07) is 17.0. The van der Waals surface area contributed by atoms with Crippen LogP contribution >= 0.6 is 0 Å². The van der Waals surface area contributed by atoms with Gasteiger partial charge in [0.15, 0.2) is 11.5 Å². The van der Waals surface area contributed by atoms with E-state index in [1.54, 1.807) is 19.1 Å². The van der Waals surface area contributed by atoms with Crippen LogP contribution in [0.5, 0.6) is 11.5 Å². The van der Waals surface area contributed by atoms with Crippen molar-refractivity contribution in [3.8, 4) is 17.2 Å². The normalized spacial score (nSPS) is 14.5. The maximum Gasteiger partial charge on any atom is 0.318 e. The fraction of sp³-hybridized carbons (Fsp3) is 0.280. The number of hydrogen-bond acceptors (Lipinski definition) is 5. The lowest BCUT2D eigenvalue weighted by Crippen LogP contribution is -2.42. The first-order chi connectivity index (χ1) is 16.1. The van der Waals surface area contributed by atoms with Gasteiger partial charge in [-0.05, 0) is 41.5 Å². The van der Waals surface area contributed by atoms with Crippen LogP contribution in [0, 0.1) is 0 Å². The first kappa shape index (κ1) is 22.3. The monoisotopic (exact) mass is 449 g/mol. The van der Waals surface area contributed by atoms with E-state index in [2.05, 4.69) is 14.6 Å². The highest BCUT2D eigenvalue weighted by Gasteiger charge is 2.33. The van der Waals surface area contributed by atoms with E-state index in [1.807, 2.05) is 60.8 Å². The number of nitrogens with zero attached hydrogens (tertiary/aromatic N) is 2. The molecule has 2 aromatic carbocycles. The van der Waals surface area contributed by atoms with Crippen molar-refractivity contribution in [2.75, 3.05) is 27.9 Å². The van der Waals surface area contributed by atoms with Crippen LogP contribution in [0.4, 0.5) is 4.79 Å². The molecule has 8 heteroatoms. The van der Waals surface area contributed by atoms with E-state index in [-0.39, 0.29) is 25.0 Å². The molecule has 0 spiro atoms. The summed E-state index contributed by atoms with van der Waals surface area (Å²) in [5.74, 6) is 0.824. The van der Waals surface area contributed by atoms with Gasteiger partial charge in [0.25, 0.3) is 0 Å². The molecule has 1 N–H and O–H groups in total. The van der Waals surface area contributed by atoms with Crippen LogP contribution < -0.4 is 14.8 Å². The molecule has 0 radical (unpaired) electrons. The maximum absolute atomic E-state index is 13.4. The average molecular weight is 450 g/mol. The molecule has 3 aromatic rings. The number of fused-ring (bicyclic) bond motifs is 3. The Kier molecular flexibility index (Phi) is 6.53. The SMILES string of the molecule is COC(=O)CCNC(=O)N1Cc2ccccc2-n2cccc2C1c1ccc(OC)c(OC)c1. The molecule has 1 atom stereocenters. The van der Waals surface area contributed by atoms with Crippen LogP contribution in [0.1, 0.15) is 29.3 Å². The molecule has 1 aromatic heterocycles. The third kappa shape index (κ3) is 4.37. The van der Waals surface area contributed by atoms with Gasteiger partial charge in [0, 0.05) is 18.4 Å². The van der Waals surface area contributed by atoms with Crippen molar-refractivity contribution in [1.82, 2.24) is 14.8 Å². The summed E-state index contributed by atoms with van der Waals surface area (Å²) < 4.78 is 17.7. The Morgan fingerprint density at radius 2 is 1.79 bits per heavy atom. The molecule has 1 aliphatic rings. The molecule has 172 valence electrons. The summed E-state index contributed by atoms with van der Waals surface area (Å²) in [7, 11) is 4.51. The summed E-state index contributed by atoms with van der Waals surface area (Å²) in [5, 5.41) is 2.87. The Labute approximate surface area is 192 Å². The summed E-state index contributed by atoms with van der Waals surface area (Å²) in [5.41, 5.74) is 3.85. The molecule has 2 heterocycles. The third-order valence-electron chi connectivity index (χ3n) is 5.78. The van der Waals surface area contributed by atoms with Crippen molar-refractivity contribution in [1.29, 1.82) is 0 Å². The minimum absolute atomic E-state index is 0.101. The topological polar surface area (TPSA) is 82.0 Å². The molecular weight excluding hydrogens is 422 g/mol. The predicted octanol–water partition coefficient (Wildman–Crippen LogP) is 3.67. The molecule has 4 rings (SSSR count). The lowest BCUT2D eigenvalue weighted by Gasteiger charge is -2.31. The van der Waals surface area contributed by atoms with Gasteiger partial charge in [-0.2, -0.15) is 0 Å². The van der Waals surface area contributed by atoms with Gasteiger partial charge in [0.2, 0.25) is 0 Å². The summed E-state index contributed by atoms with van der Waals surface area (Å²) >= 11 is 0. The number of ether oxygens (including phenoxy) is 3. The molecule has 0 saturated carbocycles. The van der Waals surface area contributed by atoms with Gasteiger partial charge in [0.1, 0.15) is 0 Å². The number of aromatic nitrogens is 1. The molecule has 33 heavy (non-hydrogen) atoms. The number of para-hydroxylation sites is 1. The number of urea groups is 1. The van der Waals surface area contributed by atoms with Gasteiger partial charge in [-0.1, -0.05) is 24.3 Å². The Hall–Kier alpha value is -3.94. The van der Waals surface area contributed by atoms with Crippen molar-refractivity contribution >= 4 is 12.0 Å². The van der Waals surface area contributed by atoms with E-state index in [1.165, 1.54) is 7.11 Å². The largest absolute Gasteiger partial charge is 0.493 e. The van der Waals surface area contributed by atoms with Crippen molar-refractivity contribution in [3.63, 3.8) is 0 Å². The van der Waals surface area contributed by atoms with Gasteiger partial charge < -0.3 is 29.0 Å². The van der Waals surface area contributed by atoms with Crippen LogP contribution in [0.3, 0.4) is 0 Å². The Balaban J connectivity index is 1.78. The van der Waals surface area contributed by atoms with Crippen LogP contribution in [-0.4, -0.2) is 49.3 Å². The number of rotatable bonds is 6. The van der Waals surface area contributed by atoms with Crippen LogP contribution in [0.2, 0.25) is 0 Å².